The second-order valence-electron chi connectivity index (χ2n) is 7.54. The Morgan fingerprint density at radius 3 is 2.31 bits per heavy atom. The van der Waals surface area contributed by atoms with E-state index in [-0.39, 0.29) is 11.3 Å². The van der Waals surface area contributed by atoms with Gasteiger partial charge in [-0.05, 0) is 43.7 Å². The summed E-state index contributed by atoms with van der Waals surface area (Å²) in [6.45, 7) is 3.96. The molecule has 0 radical (unpaired) electrons. The van der Waals surface area contributed by atoms with Gasteiger partial charge in [0.1, 0.15) is 17.2 Å². The minimum atomic E-state index is -0.441. The van der Waals surface area contributed by atoms with E-state index >= 15 is 0 Å². The van der Waals surface area contributed by atoms with E-state index in [1.165, 1.54) is 7.11 Å². The molecule has 0 bridgehead atoms. The highest BCUT2D eigenvalue weighted by molar-refractivity contribution is 6.46. The van der Waals surface area contributed by atoms with Gasteiger partial charge in [-0.15, -0.1) is 0 Å². The molecular weight excluding hydrogens is 404 g/mol. The Morgan fingerprint density at radius 2 is 1.59 bits per heavy atom. The standard InChI is InChI=1S/C26H24N2O4/c1-16-12-13-21(17(2)14-16)27-24-23(20-10-5-6-11-22(20)32-4)25(29)28(26(24)30)18-8-7-9-19(15-18)31-3/h5-15,27H,1-4H3. The highest BCUT2D eigenvalue weighted by atomic mass is 16.5. The fraction of sp³-hybridized carbons (Fsp3) is 0.154. The number of benzene rings is 3. The maximum atomic E-state index is 13.6. The third kappa shape index (κ3) is 3.71. The lowest BCUT2D eigenvalue weighted by atomic mass is 10.0. The zero-order chi connectivity index (χ0) is 22.8. The van der Waals surface area contributed by atoms with Gasteiger partial charge < -0.3 is 14.8 Å². The van der Waals surface area contributed by atoms with Crippen LogP contribution in [0.3, 0.4) is 0 Å². The van der Waals surface area contributed by atoms with E-state index in [9.17, 15) is 9.59 Å². The first-order chi connectivity index (χ1) is 15.4. The number of nitrogens with zero attached hydrogens (tertiary/aromatic N) is 1. The third-order valence-corrected chi connectivity index (χ3v) is 5.41. The van der Waals surface area contributed by atoms with Gasteiger partial charge >= 0.3 is 0 Å². The maximum Gasteiger partial charge on any atom is 0.282 e. The van der Waals surface area contributed by atoms with Crippen molar-refractivity contribution in [3.8, 4) is 11.5 Å². The molecule has 162 valence electrons. The summed E-state index contributed by atoms with van der Waals surface area (Å²) in [4.78, 5) is 28.4. The number of para-hydroxylation sites is 1. The molecule has 1 heterocycles. The molecule has 4 rings (SSSR count). The van der Waals surface area contributed by atoms with Gasteiger partial charge in [-0.2, -0.15) is 0 Å². The molecule has 1 aliphatic rings. The van der Waals surface area contributed by atoms with Crippen LogP contribution in [0.4, 0.5) is 11.4 Å². The number of carbonyl (C=O) groups excluding carboxylic acids is 2. The first kappa shape index (κ1) is 21.2. The molecule has 6 heteroatoms. The molecule has 0 aliphatic carbocycles. The molecule has 0 saturated heterocycles. The molecule has 6 nitrogen and oxygen atoms in total. The number of anilines is 2. The van der Waals surface area contributed by atoms with Gasteiger partial charge in [0, 0.05) is 17.3 Å². The van der Waals surface area contributed by atoms with Crippen molar-refractivity contribution in [2.24, 2.45) is 0 Å². The monoisotopic (exact) mass is 428 g/mol. The quantitative estimate of drug-likeness (QED) is 0.576. The van der Waals surface area contributed by atoms with Gasteiger partial charge in [-0.3, -0.25) is 9.59 Å². The number of carbonyl (C=O) groups is 2. The number of rotatable bonds is 6. The highest BCUT2D eigenvalue weighted by Gasteiger charge is 2.41. The van der Waals surface area contributed by atoms with E-state index in [1.807, 2.05) is 44.2 Å². The third-order valence-electron chi connectivity index (χ3n) is 5.41. The Morgan fingerprint density at radius 1 is 0.812 bits per heavy atom. The van der Waals surface area contributed by atoms with Crippen molar-refractivity contribution in [1.82, 2.24) is 0 Å². The fourth-order valence-electron chi connectivity index (χ4n) is 3.82. The van der Waals surface area contributed by atoms with Crippen LogP contribution in [0.5, 0.6) is 11.5 Å². The second kappa shape index (κ2) is 8.59. The van der Waals surface area contributed by atoms with Gasteiger partial charge in [0.15, 0.2) is 0 Å². The molecule has 0 saturated carbocycles. The SMILES string of the molecule is COc1cccc(N2C(=O)C(Nc3ccc(C)cc3C)=C(c3ccccc3OC)C2=O)c1. The Labute approximate surface area is 187 Å². The summed E-state index contributed by atoms with van der Waals surface area (Å²) >= 11 is 0. The summed E-state index contributed by atoms with van der Waals surface area (Å²) in [6.07, 6.45) is 0. The van der Waals surface area contributed by atoms with Crippen molar-refractivity contribution in [3.63, 3.8) is 0 Å². The van der Waals surface area contributed by atoms with Crippen LogP contribution in [-0.2, 0) is 9.59 Å². The summed E-state index contributed by atoms with van der Waals surface area (Å²) in [5, 5.41) is 3.23. The molecule has 1 N–H and O–H groups in total. The first-order valence-electron chi connectivity index (χ1n) is 10.2. The number of hydrogen-bond donors (Lipinski definition) is 1. The number of hydrogen-bond acceptors (Lipinski definition) is 5. The highest BCUT2D eigenvalue weighted by Crippen LogP contribution is 2.38. The molecule has 1 aliphatic heterocycles. The molecular formula is C26H24N2O4. The molecule has 32 heavy (non-hydrogen) atoms. The van der Waals surface area contributed by atoms with Crippen LogP contribution >= 0.6 is 0 Å². The fourth-order valence-corrected chi connectivity index (χ4v) is 3.82. The number of ether oxygens (including phenoxy) is 2. The van der Waals surface area contributed by atoms with E-state index in [1.54, 1.807) is 43.5 Å². The van der Waals surface area contributed by atoms with E-state index in [2.05, 4.69) is 5.32 Å². The van der Waals surface area contributed by atoms with E-state index in [4.69, 9.17) is 9.47 Å². The summed E-state index contributed by atoms with van der Waals surface area (Å²) in [5.74, 6) is 0.193. The van der Waals surface area contributed by atoms with Gasteiger partial charge in [-0.1, -0.05) is 42.0 Å². The van der Waals surface area contributed by atoms with E-state index < -0.39 is 11.8 Å². The van der Waals surface area contributed by atoms with E-state index in [0.717, 1.165) is 21.7 Å². The predicted octanol–water partition coefficient (Wildman–Crippen LogP) is 4.72. The van der Waals surface area contributed by atoms with Crippen molar-refractivity contribution in [2.75, 3.05) is 24.4 Å². The number of aryl methyl sites for hydroxylation is 2. The number of amides is 2. The molecule has 0 fully saturated rings. The molecule has 0 atom stereocenters. The molecule has 0 unspecified atom stereocenters. The summed E-state index contributed by atoms with van der Waals surface area (Å²) in [6, 6.07) is 19.9. The van der Waals surface area contributed by atoms with Crippen LogP contribution in [0, 0.1) is 13.8 Å². The lowest BCUT2D eigenvalue weighted by molar-refractivity contribution is -0.120. The van der Waals surface area contributed by atoms with Gasteiger partial charge in [0.2, 0.25) is 0 Å². The predicted molar refractivity (Wildman–Crippen MR) is 125 cm³/mol. The van der Waals surface area contributed by atoms with Crippen LogP contribution in [0.15, 0.2) is 72.4 Å². The molecule has 2 amide bonds. The number of nitrogens with one attached hydrogen (secondary N) is 1. The van der Waals surface area contributed by atoms with Crippen molar-refractivity contribution >= 4 is 28.8 Å². The largest absolute Gasteiger partial charge is 0.497 e. The lowest BCUT2D eigenvalue weighted by Gasteiger charge is -2.16. The zero-order valence-electron chi connectivity index (χ0n) is 18.4. The number of imide groups is 1. The Bertz CT molecular complexity index is 1250. The molecule has 3 aromatic rings. The maximum absolute atomic E-state index is 13.6. The van der Waals surface area contributed by atoms with Crippen LogP contribution < -0.4 is 19.7 Å². The van der Waals surface area contributed by atoms with Gasteiger partial charge in [0.25, 0.3) is 11.8 Å². The topological polar surface area (TPSA) is 67.9 Å². The Kier molecular flexibility index (Phi) is 5.69. The molecule has 0 aromatic heterocycles. The smallest absolute Gasteiger partial charge is 0.282 e. The van der Waals surface area contributed by atoms with Crippen LogP contribution in [0.25, 0.3) is 5.57 Å². The van der Waals surface area contributed by atoms with Crippen molar-refractivity contribution < 1.29 is 19.1 Å². The minimum absolute atomic E-state index is 0.203. The van der Waals surface area contributed by atoms with Crippen molar-refractivity contribution in [3.05, 3.63) is 89.1 Å². The van der Waals surface area contributed by atoms with Gasteiger partial charge in [0.05, 0.1) is 25.5 Å². The summed E-state index contributed by atoms with van der Waals surface area (Å²) < 4.78 is 10.8. The van der Waals surface area contributed by atoms with Crippen LogP contribution in [-0.4, -0.2) is 26.0 Å². The average molecular weight is 428 g/mol. The summed E-state index contributed by atoms with van der Waals surface area (Å²) in [7, 11) is 3.08. The van der Waals surface area contributed by atoms with Crippen molar-refractivity contribution in [1.29, 1.82) is 0 Å². The summed E-state index contributed by atoms with van der Waals surface area (Å²) in [5.41, 5.74) is 4.28. The first-order valence-corrected chi connectivity index (χ1v) is 10.2. The molecule has 0 spiro atoms. The van der Waals surface area contributed by atoms with Crippen molar-refractivity contribution in [2.45, 2.75) is 13.8 Å². The van der Waals surface area contributed by atoms with Crippen LogP contribution in [0.2, 0.25) is 0 Å². The molecule has 3 aromatic carbocycles. The van der Waals surface area contributed by atoms with Crippen LogP contribution in [0.1, 0.15) is 16.7 Å². The van der Waals surface area contributed by atoms with E-state index in [0.29, 0.717) is 22.7 Å². The van der Waals surface area contributed by atoms with Gasteiger partial charge in [-0.25, -0.2) is 4.90 Å². The normalized spacial score (nSPS) is 13.6. The Hall–Kier alpha value is -4.06. The average Bonchev–Trinajstić information content (AvgIpc) is 3.04. The Balaban J connectivity index is 1.87. The zero-order valence-corrected chi connectivity index (χ0v) is 18.4. The lowest BCUT2D eigenvalue weighted by Crippen LogP contribution is -2.32. The second-order valence-corrected chi connectivity index (χ2v) is 7.54. The minimum Gasteiger partial charge on any atom is -0.497 e. The number of methoxy groups -OCH3 is 2.